The Labute approximate surface area is 204 Å². The predicted octanol–water partition coefficient (Wildman–Crippen LogP) is 4.67. The van der Waals surface area contributed by atoms with E-state index in [0.717, 1.165) is 26.8 Å². The summed E-state index contributed by atoms with van der Waals surface area (Å²) in [5, 5.41) is 1.70. The Morgan fingerprint density at radius 3 is 2.20 bits per heavy atom. The molecular weight excluding hydrogens is 460 g/mol. The second kappa shape index (κ2) is 9.09. The largest absolute Gasteiger partial charge is 0.274 e. The van der Waals surface area contributed by atoms with E-state index in [0.29, 0.717) is 5.69 Å². The van der Waals surface area contributed by atoms with Gasteiger partial charge in [0.1, 0.15) is 6.04 Å². The highest BCUT2D eigenvalue weighted by Crippen LogP contribution is 2.31. The highest BCUT2D eigenvalue weighted by molar-refractivity contribution is 7.89. The number of nitrogens with zero attached hydrogens (tertiary/aromatic N) is 2. The fourth-order valence-electron chi connectivity index (χ4n) is 4.39. The molecule has 0 saturated carbocycles. The summed E-state index contributed by atoms with van der Waals surface area (Å²) in [5.74, 6) is -0.966. The SMILES string of the molecule is Cc1ccc(CN(C2CC(=O)N(c3ccccc3)C2=O)S(=O)(=O)c2ccc3ccccc3c2)cc1. The summed E-state index contributed by atoms with van der Waals surface area (Å²) in [6.07, 6.45) is -0.216. The first kappa shape index (κ1) is 23.0. The van der Waals surface area contributed by atoms with Gasteiger partial charge in [0.05, 0.1) is 17.0 Å². The molecule has 0 N–H and O–H groups in total. The average molecular weight is 485 g/mol. The van der Waals surface area contributed by atoms with Crippen LogP contribution in [0.3, 0.4) is 0 Å². The molecule has 1 heterocycles. The minimum Gasteiger partial charge on any atom is -0.274 e. The summed E-state index contributed by atoms with van der Waals surface area (Å²) in [6.45, 7) is 1.92. The van der Waals surface area contributed by atoms with E-state index in [-0.39, 0.29) is 17.9 Å². The maximum atomic E-state index is 14.0. The summed E-state index contributed by atoms with van der Waals surface area (Å²) in [4.78, 5) is 27.6. The number of anilines is 1. The highest BCUT2D eigenvalue weighted by Gasteiger charge is 2.47. The lowest BCUT2D eigenvalue weighted by Crippen LogP contribution is -2.45. The van der Waals surface area contributed by atoms with Crippen LogP contribution >= 0.6 is 0 Å². The first-order valence-corrected chi connectivity index (χ1v) is 12.8. The van der Waals surface area contributed by atoms with E-state index in [1.54, 1.807) is 48.5 Å². The normalized spacial score (nSPS) is 16.4. The van der Waals surface area contributed by atoms with Gasteiger partial charge in [0.15, 0.2) is 0 Å². The van der Waals surface area contributed by atoms with Crippen molar-refractivity contribution in [1.29, 1.82) is 0 Å². The molecule has 4 aromatic rings. The van der Waals surface area contributed by atoms with Gasteiger partial charge in [0, 0.05) is 6.54 Å². The number of rotatable bonds is 6. The lowest BCUT2D eigenvalue weighted by atomic mass is 10.1. The number of para-hydroxylation sites is 1. The Kier molecular flexibility index (Phi) is 5.96. The van der Waals surface area contributed by atoms with Crippen molar-refractivity contribution >= 4 is 38.3 Å². The number of sulfonamides is 1. The quantitative estimate of drug-likeness (QED) is 0.373. The summed E-state index contributed by atoms with van der Waals surface area (Å²) in [5.41, 5.74) is 2.21. The summed E-state index contributed by atoms with van der Waals surface area (Å²) in [6, 6.07) is 27.3. The Hall–Kier alpha value is -3.81. The van der Waals surface area contributed by atoms with Crippen LogP contribution in [0.5, 0.6) is 0 Å². The minimum atomic E-state index is -4.11. The number of carbonyl (C=O) groups excluding carboxylic acids is 2. The molecule has 6 nitrogen and oxygen atoms in total. The maximum Gasteiger partial charge on any atom is 0.252 e. The van der Waals surface area contributed by atoms with Crippen molar-refractivity contribution in [3.63, 3.8) is 0 Å². The summed E-state index contributed by atoms with van der Waals surface area (Å²) in [7, 11) is -4.11. The number of imide groups is 1. The minimum absolute atomic E-state index is 0.0260. The molecule has 0 aliphatic carbocycles. The smallest absolute Gasteiger partial charge is 0.252 e. The van der Waals surface area contributed by atoms with Gasteiger partial charge in [-0.25, -0.2) is 13.3 Å². The second-order valence-electron chi connectivity index (χ2n) is 8.67. The van der Waals surface area contributed by atoms with Crippen LogP contribution in [0.4, 0.5) is 5.69 Å². The second-order valence-corrected chi connectivity index (χ2v) is 10.6. The monoisotopic (exact) mass is 484 g/mol. The van der Waals surface area contributed by atoms with Crippen LogP contribution in [0, 0.1) is 6.92 Å². The van der Waals surface area contributed by atoms with Crippen LogP contribution < -0.4 is 4.90 Å². The maximum absolute atomic E-state index is 14.0. The van der Waals surface area contributed by atoms with E-state index in [1.807, 2.05) is 55.5 Å². The molecule has 1 atom stereocenters. The molecule has 1 saturated heterocycles. The molecule has 0 spiro atoms. The topological polar surface area (TPSA) is 74.8 Å². The lowest BCUT2D eigenvalue weighted by Gasteiger charge is -2.27. The molecule has 1 aliphatic heterocycles. The average Bonchev–Trinajstić information content (AvgIpc) is 3.16. The van der Waals surface area contributed by atoms with E-state index < -0.39 is 27.9 Å². The van der Waals surface area contributed by atoms with Gasteiger partial charge < -0.3 is 0 Å². The number of amides is 2. The van der Waals surface area contributed by atoms with Gasteiger partial charge in [-0.15, -0.1) is 0 Å². The zero-order chi connectivity index (χ0) is 24.6. The predicted molar refractivity (Wildman–Crippen MR) is 135 cm³/mol. The molecular formula is C28H24N2O4S. The molecule has 1 fully saturated rings. The van der Waals surface area contributed by atoms with Gasteiger partial charge in [-0.3, -0.25) is 9.59 Å². The lowest BCUT2D eigenvalue weighted by molar-refractivity contribution is -0.122. The molecule has 5 rings (SSSR count). The van der Waals surface area contributed by atoms with Crippen molar-refractivity contribution < 1.29 is 18.0 Å². The number of benzene rings is 4. The molecule has 0 radical (unpaired) electrons. The molecule has 1 aliphatic rings. The summed E-state index contributed by atoms with van der Waals surface area (Å²) >= 11 is 0. The molecule has 7 heteroatoms. The Morgan fingerprint density at radius 2 is 1.49 bits per heavy atom. The Morgan fingerprint density at radius 1 is 0.829 bits per heavy atom. The summed E-state index contributed by atoms with van der Waals surface area (Å²) < 4.78 is 29.1. The first-order chi connectivity index (χ1) is 16.8. The molecule has 1 unspecified atom stereocenters. The van der Waals surface area contributed by atoms with Gasteiger partial charge in [0.2, 0.25) is 15.9 Å². The first-order valence-electron chi connectivity index (χ1n) is 11.3. The number of hydrogen-bond acceptors (Lipinski definition) is 4. The van der Waals surface area contributed by atoms with Crippen LogP contribution in [0.25, 0.3) is 10.8 Å². The Bertz CT molecular complexity index is 1520. The van der Waals surface area contributed by atoms with Crippen LogP contribution in [-0.4, -0.2) is 30.6 Å². The van der Waals surface area contributed by atoms with Gasteiger partial charge >= 0.3 is 0 Å². The van der Waals surface area contributed by atoms with E-state index in [4.69, 9.17) is 0 Å². The number of aryl methyl sites for hydroxylation is 1. The molecule has 4 aromatic carbocycles. The highest BCUT2D eigenvalue weighted by atomic mass is 32.2. The Balaban J connectivity index is 1.58. The number of carbonyl (C=O) groups is 2. The fourth-order valence-corrected chi connectivity index (χ4v) is 5.99. The van der Waals surface area contributed by atoms with Crippen molar-refractivity contribution in [1.82, 2.24) is 4.31 Å². The van der Waals surface area contributed by atoms with Crippen LogP contribution in [0.1, 0.15) is 17.5 Å². The van der Waals surface area contributed by atoms with Gasteiger partial charge in [0.25, 0.3) is 5.91 Å². The number of fused-ring (bicyclic) bond motifs is 1. The third-order valence-electron chi connectivity index (χ3n) is 6.27. The fraction of sp³-hybridized carbons (Fsp3) is 0.143. The van der Waals surface area contributed by atoms with Gasteiger partial charge in [-0.05, 0) is 47.5 Å². The van der Waals surface area contributed by atoms with Crippen molar-refractivity contribution in [2.24, 2.45) is 0 Å². The molecule has 35 heavy (non-hydrogen) atoms. The van der Waals surface area contributed by atoms with Crippen molar-refractivity contribution in [3.05, 3.63) is 108 Å². The van der Waals surface area contributed by atoms with Crippen LogP contribution in [0.15, 0.2) is 102 Å². The van der Waals surface area contributed by atoms with Crippen LogP contribution in [0.2, 0.25) is 0 Å². The third kappa shape index (κ3) is 4.36. The van der Waals surface area contributed by atoms with E-state index in [9.17, 15) is 18.0 Å². The van der Waals surface area contributed by atoms with E-state index >= 15 is 0 Å². The van der Waals surface area contributed by atoms with Crippen molar-refractivity contribution in [2.75, 3.05) is 4.90 Å². The number of hydrogen-bond donors (Lipinski definition) is 0. The van der Waals surface area contributed by atoms with Crippen molar-refractivity contribution in [2.45, 2.75) is 30.8 Å². The standard InChI is InChI=1S/C28H24N2O4S/c1-20-11-13-21(14-12-20)19-29(26-18-27(31)30(28(26)32)24-9-3-2-4-10-24)35(33,34)25-16-15-22-7-5-6-8-23(22)17-25/h2-17,26H,18-19H2,1H3. The molecule has 0 bridgehead atoms. The van der Waals surface area contributed by atoms with Gasteiger partial charge in [-0.1, -0.05) is 78.4 Å². The molecule has 2 amide bonds. The van der Waals surface area contributed by atoms with E-state index in [2.05, 4.69) is 0 Å². The van der Waals surface area contributed by atoms with E-state index in [1.165, 1.54) is 4.31 Å². The van der Waals surface area contributed by atoms with Crippen molar-refractivity contribution in [3.8, 4) is 0 Å². The van der Waals surface area contributed by atoms with Gasteiger partial charge in [-0.2, -0.15) is 4.31 Å². The zero-order valence-corrected chi connectivity index (χ0v) is 20.0. The molecule has 0 aromatic heterocycles. The van der Waals surface area contributed by atoms with Crippen LogP contribution in [-0.2, 0) is 26.2 Å². The molecule has 176 valence electrons. The third-order valence-corrected chi connectivity index (χ3v) is 8.12. The zero-order valence-electron chi connectivity index (χ0n) is 19.2.